The van der Waals surface area contributed by atoms with Crippen LogP contribution in [0.25, 0.3) is 0 Å². The molecule has 1 saturated heterocycles. The Morgan fingerprint density at radius 2 is 1.82 bits per heavy atom. The number of ether oxygens (including phenoxy) is 3. The lowest BCUT2D eigenvalue weighted by molar-refractivity contribution is 0.00238. The fraction of sp³-hybridized carbons (Fsp3) is 0.474. The van der Waals surface area contributed by atoms with Gasteiger partial charge in [0, 0.05) is 44.5 Å². The third-order valence-electron chi connectivity index (χ3n) is 8.68. The molecule has 270 valence electrons. The van der Waals surface area contributed by atoms with Crippen LogP contribution < -0.4 is 20.1 Å². The summed E-state index contributed by atoms with van der Waals surface area (Å²) in [7, 11) is 1.49. The third-order valence-corrected chi connectivity index (χ3v) is 8.68. The summed E-state index contributed by atoms with van der Waals surface area (Å²) < 4.78 is 17.5. The first kappa shape index (κ1) is 37.0. The predicted molar refractivity (Wildman–Crippen MR) is 192 cm³/mol. The Labute approximate surface area is 299 Å². The number of aryl methyl sites for hydroxylation is 2. The highest BCUT2D eigenvalue weighted by Gasteiger charge is 2.34. The summed E-state index contributed by atoms with van der Waals surface area (Å²) in [6.45, 7) is 12.8. The zero-order valence-electron chi connectivity index (χ0n) is 30.4. The first-order valence-electron chi connectivity index (χ1n) is 17.2. The van der Waals surface area contributed by atoms with Crippen LogP contribution in [0.15, 0.2) is 36.7 Å². The maximum atomic E-state index is 13.5. The normalized spacial score (nSPS) is 16.8. The van der Waals surface area contributed by atoms with Crippen LogP contribution in [0, 0.1) is 26.2 Å². The van der Waals surface area contributed by atoms with Crippen molar-refractivity contribution in [2.75, 3.05) is 45.2 Å². The largest absolute Gasteiger partial charge is 0.482 e. The van der Waals surface area contributed by atoms with Crippen LogP contribution in [0.5, 0.6) is 11.6 Å². The molecule has 2 fully saturated rings. The molecule has 2 aliphatic rings. The van der Waals surface area contributed by atoms with Gasteiger partial charge in [0.25, 0.3) is 11.8 Å². The summed E-state index contributed by atoms with van der Waals surface area (Å²) in [6.07, 6.45) is 10.5. The van der Waals surface area contributed by atoms with Gasteiger partial charge in [-0.25, -0.2) is 14.8 Å². The summed E-state index contributed by atoms with van der Waals surface area (Å²) >= 11 is 0. The summed E-state index contributed by atoms with van der Waals surface area (Å²) in [6, 6.07) is 6.76. The van der Waals surface area contributed by atoms with Crippen LogP contribution in [0.4, 0.5) is 10.6 Å². The SMILES string of the molecule is C#C[C@@H]1CN(C[C@@H](Oc2cc(C)c(C(=O)Nc3ncc(OC)nc3C)cc2C(=O)NCC)c2ccc(C3CC3)cn2)CCN1C(=O)OC(C)(C)C. The van der Waals surface area contributed by atoms with E-state index in [1.165, 1.54) is 24.9 Å². The van der Waals surface area contributed by atoms with Gasteiger partial charge < -0.3 is 24.8 Å². The minimum Gasteiger partial charge on any atom is -0.482 e. The van der Waals surface area contributed by atoms with Crippen molar-refractivity contribution < 1.29 is 28.6 Å². The van der Waals surface area contributed by atoms with E-state index in [2.05, 4.69) is 37.5 Å². The zero-order valence-corrected chi connectivity index (χ0v) is 30.4. The Morgan fingerprint density at radius 3 is 2.43 bits per heavy atom. The van der Waals surface area contributed by atoms with E-state index in [0.717, 1.165) is 12.8 Å². The van der Waals surface area contributed by atoms with Gasteiger partial charge in [-0.1, -0.05) is 12.0 Å². The van der Waals surface area contributed by atoms with E-state index >= 15 is 0 Å². The monoisotopic (exact) mass is 697 g/mol. The van der Waals surface area contributed by atoms with Crippen molar-refractivity contribution in [2.24, 2.45) is 0 Å². The van der Waals surface area contributed by atoms with Crippen molar-refractivity contribution in [3.63, 3.8) is 0 Å². The molecule has 3 heterocycles. The number of terminal acetylenes is 1. The lowest BCUT2D eigenvalue weighted by atomic mass is 10.0. The number of piperazine rings is 1. The number of methoxy groups -OCH3 is 1. The highest BCUT2D eigenvalue weighted by Crippen LogP contribution is 2.40. The predicted octanol–water partition coefficient (Wildman–Crippen LogP) is 5.05. The fourth-order valence-corrected chi connectivity index (χ4v) is 5.84. The molecule has 1 aliphatic heterocycles. The number of anilines is 1. The van der Waals surface area contributed by atoms with Crippen LogP contribution in [0.1, 0.15) is 95.8 Å². The standard InChI is InChI=1S/C38H47N7O6/c1-9-27-21-44(15-16-45(27)37(48)51-38(5,6)7)22-32(30-14-13-26(19-40-30)25-11-12-25)50-31-17-23(3)28(18-29(31)35(46)39-10-2)36(47)43-34-24(4)42-33(49-8)20-41-34/h1,13-14,17-20,25,27,32H,10-12,15-16,21-22H2,2-8H3,(H,39,46)(H,41,43,47)/t27-,32-/m1/s1. The van der Waals surface area contributed by atoms with Crippen molar-refractivity contribution in [3.05, 3.63) is 70.3 Å². The Morgan fingerprint density at radius 1 is 1.06 bits per heavy atom. The van der Waals surface area contributed by atoms with Gasteiger partial charge in [-0.2, -0.15) is 0 Å². The van der Waals surface area contributed by atoms with Gasteiger partial charge in [0.1, 0.15) is 17.4 Å². The van der Waals surface area contributed by atoms with Gasteiger partial charge in [0.15, 0.2) is 11.9 Å². The number of pyridine rings is 1. The van der Waals surface area contributed by atoms with Gasteiger partial charge in [0.2, 0.25) is 5.88 Å². The molecule has 5 rings (SSSR count). The number of amides is 3. The molecule has 0 unspecified atom stereocenters. The maximum Gasteiger partial charge on any atom is 0.411 e. The lowest BCUT2D eigenvalue weighted by Crippen LogP contribution is -2.56. The van der Waals surface area contributed by atoms with E-state index in [9.17, 15) is 14.4 Å². The molecule has 3 amide bonds. The molecule has 0 radical (unpaired) electrons. The third kappa shape index (κ3) is 9.32. The second kappa shape index (κ2) is 15.8. The average Bonchev–Trinajstić information content (AvgIpc) is 3.94. The van der Waals surface area contributed by atoms with Gasteiger partial charge >= 0.3 is 6.09 Å². The highest BCUT2D eigenvalue weighted by molar-refractivity contribution is 6.07. The molecule has 3 aromatic rings. The second-order valence-electron chi connectivity index (χ2n) is 13.8. The van der Waals surface area contributed by atoms with E-state index in [0.29, 0.717) is 67.2 Å². The van der Waals surface area contributed by atoms with E-state index in [-0.39, 0.29) is 16.9 Å². The summed E-state index contributed by atoms with van der Waals surface area (Å²) in [5, 5.41) is 5.64. The highest BCUT2D eigenvalue weighted by atomic mass is 16.6. The van der Waals surface area contributed by atoms with Gasteiger partial charge in [-0.3, -0.25) is 24.4 Å². The first-order valence-corrected chi connectivity index (χ1v) is 17.2. The number of rotatable bonds is 11. The Balaban J connectivity index is 1.44. The minimum absolute atomic E-state index is 0.195. The van der Waals surface area contributed by atoms with Gasteiger partial charge in [-0.05, 0) is 89.6 Å². The smallest absolute Gasteiger partial charge is 0.411 e. The zero-order chi connectivity index (χ0) is 36.9. The summed E-state index contributed by atoms with van der Waals surface area (Å²) in [4.78, 5) is 57.0. The quantitative estimate of drug-likeness (QED) is 0.261. The van der Waals surface area contributed by atoms with Crippen molar-refractivity contribution >= 4 is 23.7 Å². The lowest BCUT2D eigenvalue weighted by Gasteiger charge is -2.40. The summed E-state index contributed by atoms with van der Waals surface area (Å²) in [5.74, 6) is 3.34. The molecule has 13 nitrogen and oxygen atoms in total. The maximum absolute atomic E-state index is 13.5. The van der Waals surface area contributed by atoms with Crippen molar-refractivity contribution in [2.45, 2.75) is 78.0 Å². The van der Waals surface area contributed by atoms with Crippen LogP contribution in [0.3, 0.4) is 0 Å². The molecule has 1 aromatic carbocycles. The molecular weight excluding hydrogens is 650 g/mol. The molecule has 0 spiro atoms. The number of carbonyl (C=O) groups excluding carboxylic acids is 3. The molecule has 2 atom stereocenters. The minimum atomic E-state index is -0.649. The number of aromatic nitrogens is 3. The van der Waals surface area contributed by atoms with Crippen LogP contribution in [-0.2, 0) is 4.74 Å². The molecule has 1 aliphatic carbocycles. The number of nitrogens with one attached hydrogen (secondary N) is 2. The number of hydrogen-bond acceptors (Lipinski definition) is 10. The molecule has 51 heavy (non-hydrogen) atoms. The fourth-order valence-electron chi connectivity index (χ4n) is 5.84. The molecular formula is C38H47N7O6. The van der Waals surface area contributed by atoms with Gasteiger partial charge in [0.05, 0.1) is 30.3 Å². The number of hydrogen-bond donors (Lipinski definition) is 2. The summed E-state index contributed by atoms with van der Waals surface area (Å²) in [5.41, 5.74) is 2.75. The van der Waals surface area contributed by atoms with Crippen LogP contribution in [0.2, 0.25) is 0 Å². The molecule has 2 N–H and O–H groups in total. The van der Waals surface area contributed by atoms with Crippen molar-refractivity contribution in [1.82, 2.24) is 30.1 Å². The van der Waals surface area contributed by atoms with Crippen molar-refractivity contribution in [1.29, 1.82) is 0 Å². The number of nitrogens with zero attached hydrogens (tertiary/aromatic N) is 5. The first-order chi connectivity index (χ1) is 24.3. The Hall–Kier alpha value is -5.22. The topological polar surface area (TPSA) is 148 Å². The molecule has 0 bridgehead atoms. The van der Waals surface area contributed by atoms with Crippen LogP contribution >= 0.6 is 0 Å². The second-order valence-corrected chi connectivity index (χ2v) is 13.8. The van der Waals surface area contributed by atoms with E-state index in [4.69, 9.17) is 25.6 Å². The average molecular weight is 698 g/mol. The Bertz CT molecular complexity index is 1800. The van der Waals surface area contributed by atoms with E-state index in [1.807, 2.05) is 40.0 Å². The van der Waals surface area contributed by atoms with Crippen LogP contribution in [-0.4, -0.2) is 94.1 Å². The van der Waals surface area contributed by atoms with E-state index < -0.39 is 35.7 Å². The van der Waals surface area contributed by atoms with E-state index in [1.54, 1.807) is 24.8 Å². The molecule has 13 heteroatoms. The Kier molecular flexibility index (Phi) is 11.5. The number of benzene rings is 1. The van der Waals surface area contributed by atoms with Crippen molar-refractivity contribution in [3.8, 4) is 24.0 Å². The molecule has 2 aromatic heterocycles. The van der Waals surface area contributed by atoms with Gasteiger partial charge in [-0.15, -0.1) is 6.42 Å². The molecule has 1 saturated carbocycles. The number of carbonyl (C=O) groups is 3.